The first-order valence-corrected chi connectivity index (χ1v) is 28.7. The summed E-state index contributed by atoms with van der Waals surface area (Å²) in [6.45, 7) is 7.48. The van der Waals surface area contributed by atoms with Crippen LogP contribution >= 0.6 is 0 Å². The van der Waals surface area contributed by atoms with Crippen LogP contribution in [0.3, 0.4) is 0 Å². The van der Waals surface area contributed by atoms with Gasteiger partial charge in [-0.1, -0.05) is 238 Å². The summed E-state index contributed by atoms with van der Waals surface area (Å²) in [5.74, 6) is -0.528. The van der Waals surface area contributed by atoms with E-state index in [2.05, 4.69) is 148 Å². The molecule has 0 rings (SSSR count). The van der Waals surface area contributed by atoms with Crippen molar-refractivity contribution in [3.05, 3.63) is 134 Å². The Kier molecular flexibility index (Phi) is 56.0. The molecule has 5 nitrogen and oxygen atoms in total. The van der Waals surface area contributed by atoms with Crippen molar-refractivity contribution in [1.82, 2.24) is 0 Å². The number of unbranched alkanes of at least 4 members (excludes halogenated alkanes) is 18. The predicted molar refractivity (Wildman–Crippen MR) is 306 cm³/mol. The molecule has 0 bridgehead atoms. The van der Waals surface area contributed by atoms with Crippen LogP contribution in [-0.2, 0) is 23.8 Å². The quantitative estimate of drug-likeness (QED) is 0.0345. The average molecular weight is 968 g/mol. The van der Waals surface area contributed by atoms with Crippen LogP contribution in [0, 0.1) is 0 Å². The molecule has 0 saturated heterocycles. The van der Waals surface area contributed by atoms with Gasteiger partial charge in [0.05, 0.1) is 6.61 Å². The Labute approximate surface area is 432 Å². The summed E-state index contributed by atoms with van der Waals surface area (Å²) in [7, 11) is 0. The normalized spacial score (nSPS) is 13.2. The summed E-state index contributed by atoms with van der Waals surface area (Å²) < 4.78 is 17.4. The molecular formula is C65H106O5. The van der Waals surface area contributed by atoms with Gasteiger partial charge >= 0.3 is 11.9 Å². The first kappa shape index (κ1) is 66.0. The Bertz CT molecular complexity index is 1470. The molecule has 0 amide bonds. The molecule has 0 fully saturated rings. The van der Waals surface area contributed by atoms with Crippen LogP contribution in [-0.4, -0.2) is 37.9 Å². The number of allylic oxidation sites excluding steroid dienone is 22. The van der Waals surface area contributed by atoms with E-state index in [9.17, 15) is 9.59 Å². The molecule has 0 spiro atoms. The van der Waals surface area contributed by atoms with Crippen molar-refractivity contribution >= 4 is 11.9 Å². The van der Waals surface area contributed by atoms with E-state index in [0.717, 1.165) is 109 Å². The van der Waals surface area contributed by atoms with Crippen LogP contribution in [0.15, 0.2) is 134 Å². The lowest BCUT2D eigenvalue weighted by atomic mass is 10.1. The maximum atomic E-state index is 12.9. The maximum Gasteiger partial charge on any atom is 0.306 e. The van der Waals surface area contributed by atoms with Crippen molar-refractivity contribution in [1.29, 1.82) is 0 Å². The third-order valence-electron chi connectivity index (χ3n) is 11.7. The third kappa shape index (κ3) is 56.6. The van der Waals surface area contributed by atoms with E-state index in [1.165, 1.54) is 89.9 Å². The summed E-state index contributed by atoms with van der Waals surface area (Å²) in [5, 5.41) is 0. The molecule has 0 aromatic carbocycles. The van der Waals surface area contributed by atoms with Gasteiger partial charge in [0.25, 0.3) is 0 Å². The zero-order valence-electron chi connectivity index (χ0n) is 45.5. The van der Waals surface area contributed by atoms with Crippen LogP contribution in [0.1, 0.15) is 239 Å². The Morgan fingerprint density at radius 2 is 0.671 bits per heavy atom. The van der Waals surface area contributed by atoms with Crippen molar-refractivity contribution in [2.45, 2.75) is 245 Å². The van der Waals surface area contributed by atoms with Crippen molar-refractivity contribution < 1.29 is 23.8 Å². The highest BCUT2D eigenvalue weighted by Crippen LogP contribution is 2.13. The number of ether oxygens (including phenoxy) is 3. The lowest BCUT2D eigenvalue weighted by Gasteiger charge is -2.18. The second-order valence-electron chi connectivity index (χ2n) is 18.4. The average Bonchev–Trinajstić information content (AvgIpc) is 3.36. The molecule has 396 valence electrons. The van der Waals surface area contributed by atoms with Crippen LogP contribution in [0.25, 0.3) is 0 Å². The second-order valence-corrected chi connectivity index (χ2v) is 18.4. The van der Waals surface area contributed by atoms with Gasteiger partial charge in [-0.2, -0.15) is 0 Å². The number of carbonyl (C=O) groups is 2. The SMILES string of the molecule is CC/C=C\C/C=C\C/C=C\C/C=C\C/C=C\C/C=C\CCC(=O)OCC(COCCCCCCCCCC/C=C\CCCCCCCC)OC(=O)CCCCCC/C=C\C/C=C\C/C=C\C/C=C\CC. The number of esters is 2. The Hall–Kier alpha value is -3.96. The molecule has 1 unspecified atom stereocenters. The molecule has 0 aliphatic carbocycles. The Balaban J connectivity index is 4.46. The van der Waals surface area contributed by atoms with Crippen LogP contribution < -0.4 is 0 Å². The fourth-order valence-electron chi connectivity index (χ4n) is 7.46. The van der Waals surface area contributed by atoms with E-state index in [4.69, 9.17) is 14.2 Å². The first-order chi connectivity index (χ1) is 34.6. The third-order valence-corrected chi connectivity index (χ3v) is 11.7. The highest BCUT2D eigenvalue weighted by molar-refractivity contribution is 5.70. The molecule has 0 aliphatic heterocycles. The van der Waals surface area contributed by atoms with Crippen molar-refractivity contribution in [3.63, 3.8) is 0 Å². The van der Waals surface area contributed by atoms with Gasteiger partial charge in [0.15, 0.2) is 6.10 Å². The second kappa shape index (κ2) is 59.3. The lowest BCUT2D eigenvalue weighted by Crippen LogP contribution is -2.30. The summed E-state index contributed by atoms with van der Waals surface area (Å²) in [4.78, 5) is 25.5. The van der Waals surface area contributed by atoms with Crippen LogP contribution in [0.5, 0.6) is 0 Å². The Morgan fingerprint density at radius 1 is 0.329 bits per heavy atom. The van der Waals surface area contributed by atoms with Gasteiger partial charge in [0, 0.05) is 19.4 Å². The maximum absolute atomic E-state index is 12.9. The first-order valence-electron chi connectivity index (χ1n) is 28.7. The number of hydrogen-bond acceptors (Lipinski definition) is 5. The van der Waals surface area contributed by atoms with E-state index in [1.54, 1.807) is 0 Å². The van der Waals surface area contributed by atoms with E-state index in [1.807, 2.05) is 6.08 Å². The van der Waals surface area contributed by atoms with Crippen LogP contribution in [0.4, 0.5) is 0 Å². The molecule has 0 heterocycles. The van der Waals surface area contributed by atoms with Crippen molar-refractivity contribution in [2.24, 2.45) is 0 Å². The fraction of sp³-hybridized carbons (Fsp3) is 0.631. The van der Waals surface area contributed by atoms with Gasteiger partial charge in [-0.3, -0.25) is 9.59 Å². The van der Waals surface area contributed by atoms with Crippen molar-refractivity contribution in [3.8, 4) is 0 Å². The standard InChI is InChI=1S/C65H106O5/c1-4-7-10-13-16-19-22-25-28-31-33-35-37-40-43-46-49-52-55-58-64(66)69-62-63(61-68-60-57-54-51-48-45-42-39-36-32-29-26-23-20-17-14-11-8-5-2)70-65(67)59-56-53-50-47-44-41-38-34-30-27-24-21-18-15-12-9-6-3/h7,9-10,12,16,18-19,21,25-30,33,35,38,40-41,43,49,52,63H,4-6,8,11,13-15,17,20,22-24,31-32,34,36-37,39,42,44-48,50-51,53-62H2,1-3H3/b10-7-,12-9-,19-16-,21-18-,28-25-,29-26-,30-27-,35-33-,41-38-,43-40-,52-49-. The highest BCUT2D eigenvalue weighted by atomic mass is 16.6. The van der Waals surface area contributed by atoms with Crippen LogP contribution in [0.2, 0.25) is 0 Å². The van der Waals surface area contributed by atoms with Gasteiger partial charge in [-0.25, -0.2) is 0 Å². The number of rotatable bonds is 51. The minimum absolute atomic E-state index is 0.0259. The topological polar surface area (TPSA) is 61.8 Å². The fourth-order valence-corrected chi connectivity index (χ4v) is 7.46. The van der Waals surface area contributed by atoms with E-state index in [-0.39, 0.29) is 25.2 Å². The molecule has 0 N–H and O–H groups in total. The van der Waals surface area contributed by atoms with Gasteiger partial charge in [0.2, 0.25) is 0 Å². The van der Waals surface area contributed by atoms with E-state index < -0.39 is 6.10 Å². The molecule has 0 saturated carbocycles. The van der Waals surface area contributed by atoms with E-state index >= 15 is 0 Å². The summed E-state index contributed by atoms with van der Waals surface area (Å²) in [6.07, 6.45) is 84.8. The molecule has 70 heavy (non-hydrogen) atoms. The molecule has 1 atom stereocenters. The molecule has 5 heteroatoms. The molecule has 0 aliphatic rings. The number of carbonyl (C=O) groups excluding carboxylic acids is 2. The van der Waals surface area contributed by atoms with Gasteiger partial charge in [-0.15, -0.1) is 0 Å². The highest BCUT2D eigenvalue weighted by Gasteiger charge is 2.17. The zero-order chi connectivity index (χ0) is 50.6. The summed E-state index contributed by atoms with van der Waals surface area (Å²) in [5.41, 5.74) is 0. The molecule has 0 radical (unpaired) electrons. The summed E-state index contributed by atoms with van der Waals surface area (Å²) >= 11 is 0. The Morgan fingerprint density at radius 3 is 1.10 bits per heavy atom. The van der Waals surface area contributed by atoms with Gasteiger partial charge in [0.1, 0.15) is 6.61 Å². The minimum Gasteiger partial charge on any atom is -0.462 e. The summed E-state index contributed by atoms with van der Waals surface area (Å²) in [6, 6.07) is 0. The van der Waals surface area contributed by atoms with E-state index in [0.29, 0.717) is 25.9 Å². The zero-order valence-corrected chi connectivity index (χ0v) is 45.5. The number of hydrogen-bond donors (Lipinski definition) is 0. The largest absolute Gasteiger partial charge is 0.462 e. The smallest absolute Gasteiger partial charge is 0.306 e. The monoisotopic (exact) mass is 967 g/mol. The van der Waals surface area contributed by atoms with Gasteiger partial charge in [-0.05, 0) is 122 Å². The lowest BCUT2D eigenvalue weighted by molar-refractivity contribution is -0.162. The van der Waals surface area contributed by atoms with Gasteiger partial charge < -0.3 is 14.2 Å². The van der Waals surface area contributed by atoms with Crippen molar-refractivity contribution in [2.75, 3.05) is 19.8 Å². The molecule has 0 aromatic rings. The minimum atomic E-state index is -0.592. The molecular weight excluding hydrogens is 861 g/mol. The predicted octanol–water partition coefficient (Wildman–Crippen LogP) is 19.9. The molecule has 0 aromatic heterocycles.